The van der Waals surface area contributed by atoms with E-state index in [1.807, 2.05) is 35.2 Å². The highest BCUT2D eigenvalue weighted by atomic mass is 16.5. The van der Waals surface area contributed by atoms with E-state index in [1.54, 1.807) is 11.8 Å². The molecule has 26 heavy (non-hydrogen) atoms. The fourth-order valence-corrected chi connectivity index (χ4v) is 3.15. The lowest BCUT2D eigenvalue weighted by atomic mass is 9.91. The Kier molecular flexibility index (Phi) is 5.50. The third-order valence-electron chi connectivity index (χ3n) is 4.54. The SMILES string of the molecule is CCOC(=O)[C@@H]1C(=O)NC(N2CCN(C=O)CC2)=N[C@@H]1c1ccccc1. The molecule has 2 aliphatic rings. The number of benzene rings is 1. The van der Waals surface area contributed by atoms with Gasteiger partial charge in [0, 0.05) is 26.2 Å². The second kappa shape index (κ2) is 7.99. The number of hydrogen-bond acceptors (Lipinski definition) is 6. The second-order valence-electron chi connectivity index (χ2n) is 6.16. The van der Waals surface area contributed by atoms with E-state index in [0.717, 1.165) is 12.0 Å². The molecule has 0 aliphatic carbocycles. The Morgan fingerprint density at radius 2 is 1.96 bits per heavy atom. The molecule has 2 aliphatic heterocycles. The van der Waals surface area contributed by atoms with Crippen LogP contribution in [0.25, 0.3) is 0 Å². The average molecular weight is 358 g/mol. The van der Waals surface area contributed by atoms with E-state index in [0.29, 0.717) is 32.1 Å². The molecule has 2 atom stereocenters. The van der Waals surface area contributed by atoms with Gasteiger partial charge in [-0.25, -0.2) is 4.99 Å². The third kappa shape index (κ3) is 3.68. The van der Waals surface area contributed by atoms with Crippen LogP contribution in [-0.2, 0) is 19.1 Å². The van der Waals surface area contributed by atoms with Gasteiger partial charge in [-0.05, 0) is 12.5 Å². The number of guanidine groups is 1. The maximum atomic E-state index is 12.7. The molecule has 0 radical (unpaired) electrons. The van der Waals surface area contributed by atoms with Crippen LogP contribution >= 0.6 is 0 Å². The summed E-state index contributed by atoms with van der Waals surface area (Å²) in [5, 5.41) is 2.74. The minimum atomic E-state index is -1.02. The van der Waals surface area contributed by atoms with Gasteiger partial charge in [0.25, 0.3) is 0 Å². The van der Waals surface area contributed by atoms with Gasteiger partial charge in [-0.2, -0.15) is 0 Å². The molecule has 0 aromatic heterocycles. The lowest BCUT2D eigenvalue weighted by Crippen LogP contribution is -2.57. The maximum Gasteiger partial charge on any atom is 0.321 e. The first kappa shape index (κ1) is 17.9. The van der Waals surface area contributed by atoms with Crippen molar-refractivity contribution in [1.29, 1.82) is 0 Å². The molecule has 1 fully saturated rings. The number of piperazine rings is 1. The first-order valence-electron chi connectivity index (χ1n) is 8.68. The second-order valence-corrected chi connectivity index (χ2v) is 6.16. The number of nitrogens with one attached hydrogen (secondary N) is 1. The van der Waals surface area contributed by atoms with Gasteiger partial charge in [0.15, 0.2) is 5.92 Å². The molecule has 1 aromatic carbocycles. The first-order valence-corrected chi connectivity index (χ1v) is 8.68. The van der Waals surface area contributed by atoms with E-state index >= 15 is 0 Å². The Morgan fingerprint density at radius 1 is 1.27 bits per heavy atom. The van der Waals surface area contributed by atoms with Crippen LogP contribution in [0, 0.1) is 5.92 Å². The standard InChI is InChI=1S/C18H22N4O4/c1-2-26-17(25)14-15(13-6-4-3-5-7-13)19-18(20-16(14)24)22-10-8-21(12-23)9-11-22/h3-7,12,14-15H,2,8-11H2,1H3,(H,19,20,24)/t14-,15+/m0/s1. The number of amides is 2. The molecular weight excluding hydrogens is 336 g/mol. The van der Waals surface area contributed by atoms with E-state index < -0.39 is 23.8 Å². The van der Waals surface area contributed by atoms with Crippen molar-refractivity contribution in [1.82, 2.24) is 15.1 Å². The lowest BCUT2D eigenvalue weighted by molar-refractivity contribution is -0.153. The Hall–Kier alpha value is -2.90. The number of nitrogens with zero attached hydrogens (tertiary/aromatic N) is 3. The van der Waals surface area contributed by atoms with E-state index in [1.165, 1.54) is 0 Å². The number of hydrogen-bond donors (Lipinski definition) is 1. The quantitative estimate of drug-likeness (QED) is 0.471. The highest BCUT2D eigenvalue weighted by molar-refractivity contribution is 6.08. The average Bonchev–Trinajstić information content (AvgIpc) is 2.68. The third-order valence-corrected chi connectivity index (χ3v) is 4.54. The van der Waals surface area contributed by atoms with Crippen molar-refractivity contribution in [3.8, 4) is 0 Å². The Bertz CT molecular complexity index is 698. The van der Waals surface area contributed by atoms with Crippen LogP contribution in [0.4, 0.5) is 0 Å². The van der Waals surface area contributed by atoms with Crippen molar-refractivity contribution in [2.75, 3.05) is 32.8 Å². The molecule has 8 nitrogen and oxygen atoms in total. The summed E-state index contributed by atoms with van der Waals surface area (Å²) in [6.45, 7) is 4.18. The fraction of sp³-hybridized carbons (Fsp3) is 0.444. The van der Waals surface area contributed by atoms with Crippen LogP contribution in [0.5, 0.6) is 0 Å². The van der Waals surface area contributed by atoms with Crippen molar-refractivity contribution in [2.24, 2.45) is 10.9 Å². The van der Waals surface area contributed by atoms with Crippen LogP contribution in [0.15, 0.2) is 35.3 Å². The lowest BCUT2D eigenvalue weighted by Gasteiger charge is -2.37. The van der Waals surface area contributed by atoms with Gasteiger partial charge in [-0.15, -0.1) is 0 Å². The molecule has 2 amide bonds. The Balaban J connectivity index is 1.89. The van der Waals surface area contributed by atoms with E-state index in [4.69, 9.17) is 4.74 Å². The number of rotatable bonds is 4. The predicted molar refractivity (Wildman–Crippen MR) is 94.1 cm³/mol. The van der Waals surface area contributed by atoms with E-state index in [-0.39, 0.29) is 6.61 Å². The van der Waals surface area contributed by atoms with Gasteiger partial charge in [0.1, 0.15) is 6.04 Å². The molecule has 0 unspecified atom stereocenters. The summed E-state index contributed by atoms with van der Waals surface area (Å²) in [6, 6.07) is 8.63. The van der Waals surface area contributed by atoms with Crippen molar-refractivity contribution < 1.29 is 19.1 Å². The Morgan fingerprint density at radius 3 is 2.58 bits per heavy atom. The van der Waals surface area contributed by atoms with Gasteiger partial charge in [0.05, 0.1) is 6.61 Å². The zero-order valence-corrected chi connectivity index (χ0v) is 14.6. The molecule has 0 spiro atoms. The minimum Gasteiger partial charge on any atom is -0.465 e. The number of aliphatic imine (C=N–C) groups is 1. The summed E-state index contributed by atoms with van der Waals surface area (Å²) in [5.41, 5.74) is 0.782. The van der Waals surface area contributed by atoms with Crippen LogP contribution < -0.4 is 5.32 Å². The fourth-order valence-electron chi connectivity index (χ4n) is 3.15. The zero-order chi connectivity index (χ0) is 18.5. The van der Waals surface area contributed by atoms with Gasteiger partial charge in [-0.1, -0.05) is 30.3 Å². The summed E-state index contributed by atoms with van der Waals surface area (Å²) in [6.07, 6.45) is 0.822. The van der Waals surface area contributed by atoms with Gasteiger partial charge in [-0.3, -0.25) is 19.7 Å². The molecule has 0 bridgehead atoms. The van der Waals surface area contributed by atoms with Gasteiger partial charge < -0.3 is 14.5 Å². The largest absolute Gasteiger partial charge is 0.465 e. The number of carbonyl (C=O) groups excluding carboxylic acids is 3. The highest BCUT2D eigenvalue weighted by Gasteiger charge is 2.42. The number of ether oxygens (including phenoxy) is 1. The predicted octanol–water partition coefficient (Wildman–Crippen LogP) is 0.167. The molecule has 2 heterocycles. The summed E-state index contributed by atoms with van der Waals surface area (Å²) >= 11 is 0. The molecular formula is C18H22N4O4. The molecule has 138 valence electrons. The van der Waals surface area contributed by atoms with E-state index in [9.17, 15) is 14.4 Å². The Labute approximate surface area is 151 Å². The van der Waals surface area contributed by atoms with Crippen molar-refractivity contribution >= 4 is 24.2 Å². The summed E-state index contributed by atoms with van der Waals surface area (Å²) in [5.74, 6) is -1.57. The highest BCUT2D eigenvalue weighted by Crippen LogP contribution is 2.30. The van der Waals surface area contributed by atoms with Crippen molar-refractivity contribution in [3.05, 3.63) is 35.9 Å². The first-order chi connectivity index (χ1) is 12.6. The number of carbonyl (C=O) groups is 3. The maximum absolute atomic E-state index is 12.7. The molecule has 1 saturated heterocycles. The topological polar surface area (TPSA) is 91.3 Å². The monoisotopic (exact) mass is 358 g/mol. The number of esters is 1. The molecule has 1 N–H and O–H groups in total. The van der Waals surface area contributed by atoms with Crippen molar-refractivity contribution in [2.45, 2.75) is 13.0 Å². The molecule has 3 rings (SSSR count). The molecule has 8 heteroatoms. The minimum absolute atomic E-state index is 0.203. The molecule has 1 aromatic rings. The van der Waals surface area contributed by atoms with Crippen LogP contribution in [0.2, 0.25) is 0 Å². The normalized spacial score (nSPS) is 23.1. The van der Waals surface area contributed by atoms with Crippen LogP contribution in [0.3, 0.4) is 0 Å². The molecule has 0 saturated carbocycles. The van der Waals surface area contributed by atoms with Crippen molar-refractivity contribution in [3.63, 3.8) is 0 Å². The summed E-state index contributed by atoms with van der Waals surface area (Å²) < 4.78 is 5.08. The smallest absolute Gasteiger partial charge is 0.321 e. The van der Waals surface area contributed by atoms with Crippen LogP contribution in [0.1, 0.15) is 18.5 Å². The van der Waals surface area contributed by atoms with Gasteiger partial charge in [0.2, 0.25) is 18.3 Å². The summed E-state index contributed by atoms with van der Waals surface area (Å²) in [4.78, 5) is 44.2. The summed E-state index contributed by atoms with van der Waals surface area (Å²) in [7, 11) is 0. The van der Waals surface area contributed by atoms with Gasteiger partial charge >= 0.3 is 5.97 Å². The van der Waals surface area contributed by atoms with Crippen LogP contribution in [-0.4, -0.2) is 66.8 Å². The van der Waals surface area contributed by atoms with E-state index in [2.05, 4.69) is 10.3 Å². The zero-order valence-electron chi connectivity index (χ0n) is 14.6.